The lowest BCUT2D eigenvalue weighted by Gasteiger charge is -2.14. The highest BCUT2D eigenvalue weighted by Crippen LogP contribution is 2.46. The van der Waals surface area contributed by atoms with Crippen molar-refractivity contribution in [1.82, 2.24) is 4.98 Å². The van der Waals surface area contributed by atoms with Gasteiger partial charge in [0, 0.05) is 22.7 Å². The van der Waals surface area contributed by atoms with Crippen molar-refractivity contribution < 1.29 is 4.74 Å². The second-order valence-corrected chi connectivity index (χ2v) is 4.85. The average Bonchev–Trinajstić information content (AvgIpc) is 3.06. The zero-order valence-electron chi connectivity index (χ0n) is 10.6. The number of benzene rings is 1. The molecule has 1 heterocycles. The number of ether oxygens (including phenoxy) is 1. The molecule has 0 radical (unpaired) electrons. The highest BCUT2D eigenvalue weighted by atomic mass is 35.5. The Bertz CT molecular complexity index is 594. The van der Waals surface area contributed by atoms with Gasteiger partial charge in [-0.15, -0.1) is 12.4 Å². The van der Waals surface area contributed by atoms with Crippen LogP contribution in [0.1, 0.15) is 24.1 Å². The van der Waals surface area contributed by atoms with Crippen LogP contribution in [0, 0.1) is 6.92 Å². The molecule has 2 aromatic rings. The van der Waals surface area contributed by atoms with E-state index in [2.05, 4.69) is 11.1 Å². The average molecular weight is 265 g/mol. The van der Waals surface area contributed by atoms with E-state index in [4.69, 9.17) is 10.5 Å². The number of fused-ring (bicyclic) bond motifs is 1. The van der Waals surface area contributed by atoms with Crippen molar-refractivity contribution in [1.29, 1.82) is 0 Å². The lowest BCUT2D eigenvalue weighted by molar-refractivity contribution is 0.414. The molecule has 4 heteroatoms. The van der Waals surface area contributed by atoms with E-state index in [-0.39, 0.29) is 17.9 Å². The maximum atomic E-state index is 6.31. The number of methoxy groups -OCH3 is 1. The fraction of sp³-hybridized carbons (Fsp3) is 0.357. The van der Waals surface area contributed by atoms with Crippen molar-refractivity contribution >= 4 is 23.3 Å². The molecule has 0 spiro atoms. The van der Waals surface area contributed by atoms with Crippen LogP contribution in [0.5, 0.6) is 5.75 Å². The van der Waals surface area contributed by atoms with Gasteiger partial charge in [0.15, 0.2) is 0 Å². The highest BCUT2D eigenvalue weighted by molar-refractivity contribution is 5.86. The minimum absolute atomic E-state index is 0. The van der Waals surface area contributed by atoms with Crippen LogP contribution in [0.3, 0.4) is 0 Å². The first kappa shape index (κ1) is 13.1. The first-order valence-electron chi connectivity index (χ1n) is 5.87. The smallest absolute Gasteiger partial charge is 0.121 e. The fourth-order valence-corrected chi connectivity index (χ4v) is 2.24. The summed E-state index contributed by atoms with van der Waals surface area (Å²) in [5.74, 6) is 0.835. The Labute approximate surface area is 113 Å². The minimum Gasteiger partial charge on any atom is -0.497 e. The summed E-state index contributed by atoms with van der Waals surface area (Å²) in [6.45, 7) is 1.99. The van der Waals surface area contributed by atoms with Crippen LogP contribution in [-0.4, -0.2) is 12.1 Å². The Hall–Kier alpha value is -1.32. The number of pyridine rings is 1. The Morgan fingerprint density at radius 3 is 2.61 bits per heavy atom. The highest BCUT2D eigenvalue weighted by Gasteiger charge is 2.41. The van der Waals surface area contributed by atoms with Crippen molar-refractivity contribution in [3.8, 4) is 5.75 Å². The van der Waals surface area contributed by atoms with E-state index in [1.807, 2.05) is 25.1 Å². The molecule has 96 valence electrons. The molecule has 0 atom stereocenters. The number of aryl methyl sites for hydroxylation is 1. The van der Waals surface area contributed by atoms with Gasteiger partial charge in [0.25, 0.3) is 0 Å². The number of aromatic nitrogens is 1. The van der Waals surface area contributed by atoms with Gasteiger partial charge in [-0.3, -0.25) is 4.98 Å². The summed E-state index contributed by atoms with van der Waals surface area (Å²) in [5, 5.41) is 1.15. The van der Waals surface area contributed by atoms with E-state index in [9.17, 15) is 0 Å². The van der Waals surface area contributed by atoms with Gasteiger partial charge >= 0.3 is 0 Å². The number of halogens is 1. The summed E-state index contributed by atoms with van der Waals surface area (Å²) in [5.41, 5.74) is 9.30. The monoisotopic (exact) mass is 264 g/mol. The van der Waals surface area contributed by atoms with Crippen molar-refractivity contribution in [3.63, 3.8) is 0 Å². The second-order valence-electron chi connectivity index (χ2n) is 4.85. The number of hydrogen-bond acceptors (Lipinski definition) is 3. The third kappa shape index (κ3) is 2.04. The zero-order valence-corrected chi connectivity index (χ0v) is 11.4. The summed E-state index contributed by atoms with van der Waals surface area (Å²) in [6.07, 6.45) is 2.09. The van der Waals surface area contributed by atoms with Gasteiger partial charge in [-0.25, -0.2) is 0 Å². The normalized spacial score (nSPS) is 16.2. The molecule has 2 N–H and O–H groups in total. The summed E-state index contributed by atoms with van der Waals surface area (Å²) in [4.78, 5) is 4.55. The van der Waals surface area contributed by atoms with Crippen LogP contribution in [0.4, 0.5) is 0 Å². The number of rotatable bonds is 2. The van der Waals surface area contributed by atoms with Gasteiger partial charge in [-0.2, -0.15) is 0 Å². The maximum absolute atomic E-state index is 6.31. The van der Waals surface area contributed by atoms with E-state index in [0.717, 1.165) is 35.2 Å². The van der Waals surface area contributed by atoms with Crippen molar-refractivity contribution in [2.24, 2.45) is 5.73 Å². The van der Waals surface area contributed by atoms with E-state index in [1.165, 1.54) is 5.56 Å². The zero-order chi connectivity index (χ0) is 12.0. The van der Waals surface area contributed by atoms with Crippen molar-refractivity contribution in [2.75, 3.05) is 7.11 Å². The lowest BCUT2D eigenvalue weighted by Crippen LogP contribution is -2.19. The number of hydrogen-bond donors (Lipinski definition) is 1. The lowest BCUT2D eigenvalue weighted by atomic mass is 9.99. The first-order valence-corrected chi connectivity index (χ1v) is 5.87. The molecule has 18 heavy (non-hydrogen) atoms. The summed E-state index contributed by atoms with van der Waals surface area (Å²) >= 11 is 0. The quantitative estimate of drug-likeness (QED) is 0.907. The predicted molar refractivity (Wildman–Crippen MR) is 75.4 cm³/mol. The molecule has 0 amide bonds. The van der Waals surface area contributed by atoms with E-state index in [0.29, 0.717) is 0 Å². The predicted octanol–water partition coefficient (Wildman–Crippen LogP) is 2.92. The molecule has 0 unspecified atom stereocenters. The Balaban J connectivity index is 0.00000120. The Morgan fingerprint density at radius 1 is 1.28 bits per heavy atom. The molecule has 0 bridgehead atoms. The largest absolute Gasteiger partial charge is 0.497 e. The van der Waals surface area contributed by atoms with Gasteiger partial charge in [0.05, 0.1) is 12.6 Å². The van der Waals surface area contributed by atoms with E-state index < -0.39 is 0 Å². The van der Waals surface area contributed by atoms with Gasteiger partial charge in [0.2, 0.25) is 0 Å². The molecule has 1 aliphatic carbocycles. The van der Waals surface area contributed by atoms with Crippen molar-refractivity contribution in [2.45, 2.75) is 25.3 Å². The molecule has 3 nitrogen and oxygen atoms in total. The van der Waals surface area contributed by atoms with Crippen LogP contribution in [0.15, 0.2) is 24.3 Å². The molecule has 1 fully saturated rings. The van der Waals surface area contributed by atoms with E-state index in [1.54, 1.807) is 7.11 Å². The number of nitrogens with two attached hydrogens (primary N) is 1. The summed E-state index contributed by atoms with van der Waals surface area (Å²) < 4.78 is 5.33. The molecule has 1 aliphatic rings. The fourth-order valence-electron chi connectivity index (χ4n) is 2.24. The third-order valence-corrected chi connectivity index (χ3v) is 3.48. The molecular weight excluding hydrogens is 248 g/mol. The maximum Gasteiger partial charge on any atom is 0.121 e. The molecule has 1 aromatic heterocycles. The summed E-state index contributed by atoms with van der Waals surface area (Å²) in [7, 11) is 1.68. The van der Waals surface area contributed by atoms with Gasteiger partial charge < -0.3 is 10.5 Å². The molecule has 0 aliphatic heterocycles. The standard InChI is InChI=1S/C14H16N2O.ClH/c1-9-3-4-11-12(14(15)5-6-14)7-10(17-2)8-13(11)16-9;/h3-4,7-8H,5-6,15H2,1-2H3;1H. The van der Waals surface area contributed by atoms with Gasteiger partial charge in [0.1, 0.15) is 5.75 Å². The van der Waals surface area contributed by atoms with Gasteiger partial charge in [-0.05, 0) is 37.5 Å². The van der Waals surface area contributed by atoms with Crippen LogP contribution in [0.2, 0.25) is 0 Å². The minimum atomic E-state index is -0.163. The van der Waals surface area contributed by atoms with Crippen LogP contribution in [0.25, 0.3) is 10.9 Å². The molecule has 3 rings (SSSR count). The SMILES string of the molecule is COc1cc(C2(N)CC2)c2ccc(C)nc2c1.Cl. The van der Waals surface area contributed by atoms with Crippen LogP contribution in [-0.2, 0) is 5.54 Å². The molecular formula is C14H17ClN2O. The molecule has 1 aromatic carbocycles. The third-order valence-electron chi connectivity index (χ3n) is 3.48. The molecule has 0 saturated heterocycles. The number of nitrogens with zero attached hydrogens (tertiary/aromatic N) is 1. The molecule has 1 saturated carbocycles. The second kappa shape index (κ2) is 4.41. The van der Waals surface area contributed by atoms with Crippen molar-refractivity contribution in [3.05, 3.63) is 35.5 Å². The summed E-state index contributed by atoms with van der Waals surface area (Å²) in [6, 6.07) is 8.16. The Morgan fingerprint density at radius 2 is 2.00 bits per heavy atom. The van der Waals surface area contributed by atoms with Gasteiger partial charge in [-0.1, -0.05) is 6.07 Å². The first-order chi connectivity index (χ1) is 8.12. The van der Waals surface area contributed by atoms with Crippen LogP contribution >= 0.6 is 12.4 Å². The topological polar surface area (TPSA) is 48.1 Å². The van der Waals surface area contributed by atoms with Crippen LogP contribution < -0.4 is 10.5 Å². The van der Waals surface area contributed by atoms with E-state index >= 15 is 0 Å². The Kier molecular flexibility index (Phi) is 3.21.